The number of methoxy groups -OCH3 is 1. The molecule has 0 spiro atoms. The number of aldehydes is 1. The van der Waals surface area contributed by atoms with Gasteiger partial charge < -0.3 is 9.53 Å². The molecule has 0 aromatic heterocycles. The van der Waals surface area contributed by atoms with Crippen molar-refractivity contribution in [3.8, 4) is 11.8 Å². The Labute approximate surface area is 94.4 Å². The number of carbonyl (C=O) groups excluding carboxylic acids is 2. The van der Waals surface area contributed by atoms with Crippen molar-refractivity contribution in [3.63, 3.8) is 0 Å². The van der Waals surface area contributed by atoms with Crippen LogP contribution in [0.5, 0.6) is 0 Å². The molecule has 82 valence electrons. The molecule has 0 saturated carbocycles. The molecule has 0 N–H and O–H groups in total. The molecule has 0 unspecified atom stereocenters. The third-order valence-corrected chi connectivity index (χ3v) is 2.06. The van der Waals surface area contributed by atoms with Gasteiger partial charge in [-0.3, -0.25) is 0 Å². The monoisotopic (exact) mass is 216 g/mol. The molecule has 0 fully saturated rings. The highest BCUT2D eigenvalue weighted by atomic mass is 16.5. The lowest BCUT2D eigenvalue weighted by Gasteiger charge is -2.02. The fourth-order valence-corrected chi connectivity index (χ4v) is 1.24. The first-order chi connectivity index (χ1) is 7.69. The maximum absolute atomic E-state index is 11.2. The molecule has 0 aliphatic carbocycles. The van der Waals surface area contributed by atoms with E-state index in [-0.39, 0.29) is 12.4 Å². The van der Waals surface area contributed by atoms with Crippen LogP contribution in [0.4, 0.5) is 0 Å². The van der Waals surface area contributed by atoms with Crippen molar-refractivity contribution in [1.82, 2.24) is 0 Å². The van der Waals surface area contributed by atoms with E-state index in [1.54, 1.807) is 18.2 Å². The molecule has 0 radical (unpaired) electrons. The minimum Gasteiger partial charge on any atom is -0.465 e. The third kappa shape index (κ3) is 2.96. The van der Waals surface area contributed by atoms with Crippen LogP contribution in [0.2, 0.25) is 0 Å². The van der Waals surface area contributed by atoms with Crippen LogP contribution in [0.3, 0.4) is 0 Å². The lowest BCUT2D eigenvalue weighted by atomic mass is 10.1. The number of hydrogen-bond acceptors (Lipinski definition) is 3. The van der Waals surface area contributed by atoms with E-state index >= 15 is 0 Å². The minimum absolute atomic E-state index is 0.220. The van der Waals surface area contributed by atoms with Crippen molar-refractivity contribution in [1.29, 1.82) is 0 Å². The zero-order valence-corrected chi connectivity index (χ0v) is 9.24. The van der Waals surface area contributed by atoms with Crippen LogP contribution >= 0.6 is 0 Å². The summed E-state index contributed by atoms with van der Waals surface area (Å²) in [5.74, 6) is 5.22. The summed E-state index contributed by atoms with van der Waals surface area (Å²) in [7, 11) is 1.34. The molecule has 0 aliphatic heterocycles. The highest BCUT2D eigenvalue weighted by Gasteiger charge is 2.05. The lowest BCUT2D eigenvalue weighted by Crippen LogP contribution is -2.01. The van der Waals surface area contributed by atoms with Crippen LogP contribution in [-0.2, 0) is 9.53 Å². The van der Waals surface area contributed by atoms with Crippen molar-refractivity contribution >= 4 is 12.3 Å². The average molecular weight is 216 g/mol. The smallest absolute Gasteiger partial charge is 0.337 e. The van der Waals surface area contributed by atoms with Gasteiger partial charge >= 0.3 is 5.97 Å². The molecule has 16 heavy (non-hydrogen) atoms. The number of rotatable bonds is 2. The van der Waals surface area contributed by atoms with Gasteiger partial charge in [-0.05, 0) is 30.7 Å². The SMILES string of the molecule is COC(=O)c1ccc(C#CCC=O)c(C)c1. The second-order valence-corrected chi connectivity index (χ2v) is 3.19. The molecule has 0 bridgehead atoms. The fourth-order valence-electron chi connectivity index (χ4n) is 1.24. The molecule has 0 heterocycles. The van der Waals surface area contributed by atoms with E-state index in [9.17, 15) is 9.59 Å². The number of carbonyl (C=O) groups is 2. The number of aryl methyl sites for hydroxylation is 1. The Morgan fingerprint density at radius 2 is 2.25 bits per heavy atom. The van der Waals surface area contributed by atoms with Crippen LogP contribution in [0, 0.1) is 18.8 Å². The largest absolute Gasteiger partial charge is 0.465 e. The van der Waals surface area contributed by atoms with Gasteiger partial charge in [-0.25, -0.2) is 4.79 Å². The van der Waals surface area contributed by atoms with E-state index in [2.05, 4.69) is 16.6 Å². The maximum Gasteiger partial charge on any atom is 0.337 e. The summed E-state index contributed by atoms with van der Waals surface area (Å²) < 4.78 is 4.61. The summed E-state index contributed by atoms with van der Waals surface area (Å²) in [6.45, 7) is 1.86. The molecule has 1 aromatic carbocycles. The number of benzene rings is 1. The second-order valence-electron chi connectivity index (χ2n) is 3.19. The highest BCUT2D eigenvalue weighted by Crippen LogP contribution is 2.10. The molecule has 0 saturated heterocycles. The van der Waals surface area contributed by atoms with Gasteiger partial charge in [0, 0.05) is 5.56 Å². The molecule has 1 aromatic rings. The Balaban J connectivity index is 2.97. The molecule has 1 rings (SSSR count). The maximum atomic E-state index is 11.2. The first-order valence-corrected chi connectivity index (χ1v) is 4.80. The van der Waals surface area contributed by atoms with E-state index < -0.39 is 0 Å². The van der Waals surface area contributed by atoms with Gasteiger partial charge in [-0.15, -0.1) is 0 Å². The molecule has 0 amide bonds. The standard InChI is InChI=1S/C13H12O3/c1-10-9-12(13(15)16-2)7-6-11(10)5-3-4-8-14/h6-9H,4H2,1-2H3. The highest BCUT2D eigenvalue weighted by molar-refractivity contribution is 5.89. The van der Waals surface area contributed by atoms with Crippen molar-refractivity contribution in [2.45, 2.75) is 13.3 Å². The van der Waals surface area contributed by atoms with Crippen molar-refractivity contribution in [2.75, 3.05) is 7.11 Å². The predicted molar refractivity (Wildman–Crippen MR) is 60.1 cm³/mol. The van der Waals surface area contributed by atoms with Gasteiger partial charge in [-0.1, -0.05) is 11.8 Å². The number of ether oxygens (including phenoxy) is 1. The van der Waals surface area contributed by atoms with E-state index in [0.717, 1.165) is 17.4 Å². The lowest BCUT2D eigenvalue weighted by molar-refractivity contribution is -0.107. The Morgan fingerprint density at radius 1 is 1.50 bits per heavy atom. The van der Waals surface area contributed by atoms with Gasteiger partial charge in [0.1, 0.15) is 6.29 Å². The topological polar surface area (TPSA) is 43.4 Å². The van der Waals surface area contributed by atoms with Crippen LogP contribution in [0.15, 0.2) is 18.2 Å². The second kappa shape index (κ2) is 5.72. The normalized spacial score (nSPS) is 8.88. The summed E-state index contributed by atoms with van der Waals surface area (Å²) in [6, 6.07) is 5.12. The summed E-state index contributed by atoms with van der Waals surface area (Å²) in [5, 5.41) is 0. The minimum atomic E-state index is -0.365. The van der Waals surface area contributed by atoms with Gasteiger partial charge in [0.15, 0.2) is 0 Å². The third-order valence-electron chi connectivity index (χ3n) is 2.06. The molecule has 3 heteroatoms. The quantitative estimate of drug-likeness (QED) is 0.429. The van der Waals surface area contributed by atoms with Crippen LogP contribution in [0.1, 0.15) is 27.9 Å². The Morgan fingerprint density at radius 3 is 2.81 bits per heavy atom. The molecular weight excluding hydrogens is 204 g/mol. The van der Waals surface area contributed by atoms with Gasteiger partial charge in [0.05, 0.1) is 19.1 Å². The fraction of sp³-hybridized carbons (Fsp3) is 0.231. The van der Waals surface area contributed by atoms with Crippen molar-refractivity contribution < 1.29 is 14.3 Å². The van der Waals surface area contributed by atoms with Crippen molar-refractivity contribution in [3.05, 3.63) is 34.9 Å². The van der Waals surface area contributed by atoms with Gasteiger partial charge in [-0.2, -0.15) is 0 Å². The molecule has 3 nitrogen and oxygen atoms in total. The average Bonchev–Trinajstić information content (AvgIpc) is 2.30. The van der Waals surface area contributed by atoms with E-state index in [4.69, 9.17) is 0 Å². The number of esters is 1. The Bertz CT molecular complexity index is 464. The Kier molecular flexibility index (Phi) is 4.28. The van der Waals surface area contributed by atoms with Gasteiger partial charge in [0.25, 0.3) is 0 Å². The van der Waals surface area contributed by atoms with Crippen LogP contribution in [-0.4, -0.2) is 19.4 Å². The summed E-state index contributed by atoms with van der Waals surface area (Å²) >= 11 is 0. The molecular formula is C13H12O3. The van der Waals surface area contributed by atoms with E-state index in [1.165, 1.54) is 7.11 Å². The summed E-state index contributed by atoms with van der Waals surface area (Å²) in [4.78, 5) is 21.3. The first-order valence-electron chi connectivity index (χ1n) is 4.80. The first kappa shape index (κ1) is 12.0. The predicted octanol–water partition coefficient (Wildman–Crippen LogP) is 1.72. The summed E-state index contributed by atoms with van der Waals surface area (Å²) in [5.41, 5.74) is 2.21. The molecule has 0 aliphatic rings. The summed E-state index contributed by atoms with van der Waals surface area (Å²) in [6.07, 6.45) is 0.976. The van der Waals surface area contributed by atoms with Crippen molar-refractivity contribution in [2.24, 2.45) is 0 Å². The number of hydrogen-bond donors (Lipinski definition) is 0. The van der Waals surface area contributed by atoms with E-state index in [0.29, 0.717) is 5.56 Å². The van der Waals surface area contributed by atoms with Crippen LogP contribution < -0.4 is 0 Å². The zero-order chi connectivity index (χ0) is 12.0. The van der Waals surface area contributed by atoms with Gasteiger partial charge in [0.2, 0.25) is 0 Å². The molecule has 0 atom stereocenters. The zero-order valence-electron chi connectivity index (χ0n) is 9.24. The van der Waals surface area contributed by atoms with E-state index in [1.807, 2.05) is 6.92 Å². The van der Waals surface area contributed by atoms with Crippen LogP contribution in [0.25, 0.3) is 0 Å². The Hall–Kier alpha value is -2.08.